The van der Waals surface area contributed by atoms with Gasteiger partial charge in [-0.05, 0) is 40.0 Å². The maximum absolute atomic E-state index is 12.0. The second kappa shape index (κ2) is 5.60. The molecular formula is C15H28O3. The van der Waals surface area contributed by atoms with Gasteiger partial charge in [0.05, 0.1) is 17.6 Å². The van der Waals surface area contributed by atoms with E-state index in [4.69, 9.17) is 9.47 Å². The molecule has 1 aliphatic heterocycles. The van der Waals surface area contributed by atoms with Gasteiger partial charge in [0.1, 0.15) is 6.10 Å². The summed E-state index contributed by atoms with van der Waals surface area (Å²) in [7, 11) is 0. The molecule has 0 amide bonds. The number of ether oxygens (including phenoxy) is 2. The Morgan fingerprint density at radius 1 is 1.17 bits per heavy atom. The maximum atomic E-state index is 12.0. The van der Waals surface area contributed by atoms with Crippen molar-refractivity contribution in [3.63, 3.8) is 0 Å². The quantitative estimate of drug-likeness (QED) is 0.710. The monoisotopic (exact) mass is 256 g/mol. The van der Waals surface area contributed by atoms with Crippen LogP contribution >= 0.6 is 0 Å². The van der Waals surface area contributed by atoms with Gasteiger partial charge in [-0.2, -0.15) is 0 Å². The summed E-state index contributed by atoms with van der Waals surface area (Å²) in [6.45, 7) is 14.1. The topological polar surface area (TPSA) is 35.5 Å². The first-order valence-corrected chi connectivity index (χ1v) is 7.05. The molecule has 0 bridgehead atoms. The molecule has 0 aromatic heterocycles. The van der Waals surface area contributed by atoms with Crippen molar-refractivity contribution in [1.29, 1.82) is 0 Å². The molecule has 0 aromatic carbocycles. The fraction of sp³-hybridized carbons (Fsp3) is 0.933. The van der Waals surface area contributed by atoms with E-state index in [2.05, 4.69) is 20.8 Å². The van der Waals surface area contributed by atoms with Crippen LogP contribution in [-0.4, -0.2) is 24.3 Å². The molecule has 1 aliphatic rings. The first kappa shape index (κ1) is 15.5. The molecule has 1 heterocycles. The largest absolute Gasteiger partial charge is 0.459 e. The Morgan fingerprint density at radius 2 is 1.72 bits per heavy atom. The van der Waals surface area contributed by atoms with Gasteiger partial charge in [0, 0.05) is 5.92 Å². The average molecular weight is 256 g/mol. The van der Waals surface area contributed by atoms with Gasteiger partial charge in [-0.25, -0.2) is 0 Å². The average Bonchev–Trinajstić information content (AvgIpc) is 2.27. The van der Waals surface area contributed by atoms with Crippen LogP contribution in [0.5, 0.6) is 0 Å². The van der Waals surface area contributed by atoms with E-state index in [0.29, 0.717) is 11.8 Å². The third kappa shape index (κ3) is 3.25. The van der Waals surface area contributed by atoms with Crippen LogP contribution in [0.4, 0.5) is 0 Å². The van der Waals surface area contributed by atoms with E-state index in [1.54, 1.807) is 0 Å². The molecule has 0 spiro atoms. The fourth-order valence-corrected chi connectivity index (χ4v) is 2.51. The van der Waals surface area contributed by atoms with E-state index >= 15 is 0 Å². The maximum Gasteiger partial charge on any atom is 0.311 e. The Hall–Kier alpha value is -0.570. The highest BCUT2D eigenvalue weighted by Crippen LogP contribution is 2.34. The van der Waals surface area contributed by atoms with Gasteiger partial charge in [-0.3, -0.25) is 4.79 Å². The Kier molecular flexibility index (Phi) is 4.82. The second-order valence-corrected chi connectivity index (χ2v) is 6.63. The molecule has 106 valence electrons. The van der Waals surface area contributed by atoms with Crippen molar-refractivity contribution in [2.45, 2.75) is 73.2 Å². The number of carbonyl (C=O) groups is 1. The molecule has 1 saturated heterocycles. The van der Waals surface area contributed by atoms with Gasteiger partial charge < -0.3 is 9.47 Å². The predicted molar refractivity (Wildman–Crippen MR) is 72.3 cm³/mol. The van der Waals surface area contributed by atoms with Crippen LogP contribution in [0.25, 0.3) is 0 Å². The van der Waals surface area contributed by atoms with Crippen LogP contribution in [0.2, 0.25) is 0 Å². The zero-order valence-electron chi connectivity index (χ0n) is 12.8. The fourth-order valence-electron chi connectivity index (χ4n) is 2.51. The van der Waals surface area contributed by atoms with Crippen LogP contribution in [0.3, 0.4) is 0 Å². The minimum absolute atomic E-state index is 0.0209. The summed E-state index contributed by atoms with van der Waals surface area (Å²) in [5.41, 5.74) is -0.454. The van der Waals surface area contributed by atoms with E-state index in [-0.39, 0.29) is 24.3 Å². The van der Waals surface area contributed by atoms with Crippen LogP contribution in [0.15, 0.2) is 0 Å². The Labute approximate surface area is 111 Å². The summed E-state index contributed by atoms with van der Waals surface area (Å²) >= 11 is 0. The highest BCUT2D eigenvalue weighted by atomic mass is 16.6. The lowest BCUT2D eigenvalue weighted by Crippen LogP contribution is -2.50. The highest BCUT2D eigenvalue weighted by Gasteiger charge is 2.42. The summed E-state index contributed by atoms with van der Waals surface area (Å²) in [5.74, 6) is 0.617. The lowest BCUT2D eigenvalue weighted by Gasteiger charge is -2.43. The number of carbonyl (C=O) groups excluding carboxylic acids is 1. The minimum atomic E-state index is -0.454. The molecule has 1 rings (SSSR count). The molecule has 0 aromatic rings. The smallest absolute Gasteiger partial charge is 0.311 e. The van der Waals surface area contributed by atoms with Gasteiger partial charge in [0.2, 0.25) is 0 Å². The summed E-state index contributed by atoms with van der Waals surface area (Å²) in [6, 6.07) is 0. The second-order valence-electron chi connectivity index (χ2n) is 6.63. The molecule has 1 unspecified atom stereocenters. The van der Waals surface area contributed by atoms with E-state index in [0.717, 1.165) is 6.42 Å². The van der Waals surface area contributed by atoms with Crippen molar-refractivity contribution in [2.75, 3.05) is 0 Å². The standard InChI is InChI=1S/C15H28O3/c1-8-12-9(2)10(3)13(11(4)17-12)18-14(16)15(5,6)7/h9-13H,8H2,1-7H3/t9-,10-,11+,12+,13?/m0/s1. The molecule has 5 atom stereocenters. The normalized spacial score (nSPS) is 37.4. The van der Waals surface area contributed by atoms with E-state index in [1.165, 1.54) is 0 Å². The molecule has 0 aliphatic carbocycles. The molecule has 0 saturated carbocycles. The van der Waals surface area contributed by atoms with Crippen molar-refractivity contribution in [3.8, 4) is 0 Å². The van der Waals surface area contributed by atoms with E-state index in [9.17, 15) is 4.79 Å². The van der Waals surface area contributed by atoms with Gasteiger partial charge >= 0.3 is 5.97 Å². The van der Waals surface area contributed by atoms with Crippen LogP contribution in [0, 0.1) is 17.3 Å². The first-order valence-electron chi connectivity index (χ1n) is 7.05. The number of hydrogen-bond acceptors (Lipinski definition) is 3. The molecule has 18 heavy (non-hydrogen) atoms. The van der Waals surface area contributed by atoms with Crippen molar-refractivity contribution >= 4 is 5.97 Å². The number of rotatable bonds is 2. The number of esters is 1. The summed E-state index contributed by atoms with van der Waals surface area (Å²) in [5, 5.41) is 0. The SMILES string of the molecule is CC[C@H]1O[C@H](C)C(OC(=O)C(C)(C)C)[C@@H](C)[C@@H]1C. The lowest BCUT2D eigenvalue weighted by molar-refractivity contribution is -0.198. The van der Waals surface area contributed by atoms with Crippen LogP contribution in [-0.2, 0) is 14.3 Å². The van der Waals surface area contributed by atoms with E-state index in [1.807, 2.05) is 27.7 Å². The Bertz CT molecular complexity index is 293. The lowest BCUT2D eigenvalue weighted by atomic mass is 9.80. The van der Waals surface area contributed by atoms with E-state index < -0.39 is 5.41 Å². The minimum Gasteiger partial charge on any atom is -0.459 e. The molecule has 3 nitrogen and oxygen atoms in total. The number of hydrogen-bond donors (Lipinski definition) is 0. The Morgan fingerprint density at radius 3 is 2.17 bits per heavy atom. The van der Waals surface area contributed by atoms with Crippen molar-refractivity contribution in [3.05, 3.63) is 0 Å². The third-order valence-electron chi connectivity index (χ3n) is 4.04. The zero-order valence-corrected chi connectivity index (χ0v) is 12.8. The van der Waals surface area contributed by atoms with Crippen molar-refractivity contribution in [1.82, 2.24) is 0 Å². The third-order valence-corrected chi connectivity index (χ3v) is 4.04. The van der Waals surface area contributed by atoms with Crippen LogP contribution < -0.4 is 0 Å². The predicted octanol–water partition coefficient (Wildman–Crippen LogP) is 3.41. The summed E-state index contributed by atoms with van der Waals surface area (Å²) in [6.07, 6.45) is 1.14. The zero-order chi connectivity index (χ0) is 14.1. The Balaban J connectivity index is 2.74. The van der Waals surface area contributed by atoms with Crippen molar-refractivity contribution < 1.29 is 14.3 Å². The molecular weight excluding hydrogens is 228 g/mol. The van der Waals surface area contributed by atoms with Gasteiger partial charge in [0.25, 0.3) is 0 Å². The highest BCUT2D eigenvalue weighted by molar-refractivity contribution is 5.75. The van der Waals surface area contributed by atoms with Crippen LogP contribution in [0.1, 0.15) is 54.9 Å². The molecule has 0 radical (unpaired) electrons. The molecule has 1 fully saturated rings. The summed E-state index contributed by atoms with van der Waals surface area (Å²) < 4.78 is 11.6. The van der Waals surface area contributed by atoms with Gasteiger partial charge in [0.15, 0.2) is 0 Å². The van der Waals surface area contributed by atoms with Gasteiger partial charge in [-0.1, -0.05) is 20.8 Å². The molecule has 3 heteroatoms. The first-order chi connectivity index (χ1) is 8.18. The summed E-state index contributed by atoms with van der Waals surface area (Å²) in [4.78, 5) is 12.0. The van der Waals surface area contributed by atoms with Crippen molar-refractivity contribution in [2.24, 2.45) is 17.3 Å². The molecule has 0 N–H and O–H groups in total. The van der Waals surface area contributed by atoms with Gasteiger partial charge in [-0.15, -0.1) is 0 Å².